The van der Waals surface area contributed by atoms with Gasteiger partial charge in [0.05, 0.1) is 0 Å². The minimum absolute atomic E-state index is 0.0507. The van der Waals surface area contributed by atoms with Gasteiger partial charge in [-0.05, 0) is 35.6 Å². The Morgan fingerprint density at radius 2 is 1.95 bits per heavy atom. The van der Waals surface area contributed by atoms with Crippen molar-refractivity contribution in [2.24, 2.45) is 0 Å². The Morgan fingerprint density at radius 1 is 1.33 bits per heavy atom. The minimum Gasteiger partial charge on any atom is -0.481 e. The fourth-order valence-electron chi connectivity index (χ4n) is 1.63. The molecule has 0 saturated heterocycles. The van der Waals surface area contributed by atoms with Crippen LogP contribution in [0.4, 0.5) is 13.2 Å². The van der Waals surface area contributed by atoms with Gasteiger partial charge < -0.3 is 5.11 Å². The van der Waals surface area contributed by atoms with Gasteiger partial charge in [0.15, 0.2) is 0 Å². The van der Waals surface area contributed by atoms with Crippen molar-refractivity contribution in [2.75, 3.05) is 0 Å². The predicted octanol–water partition coefficient (Wildman–Crippen LogP) is 3.73. The topological polar surface area (TPSA) is 63.1 Å². The number of aliphatic carboxylic acids is 1. The van der Waals surface area contributed by atoms with Gasteiger partial charge in [-0.2, -0.15) is 17.5 Å². The molecule has 2 rings (SSSR count). The lowest BCUT2D eigenvalue weighted by atomic mass is 10.0. The molecule has 0 aliphatic carbocycles. The second-order valence-corrected chi connectivity index (χ2v) is 5.87. The highest BCUT2D eigenvalue weighted by Gasteiger charge is 2.37. The molecule has 0 aliphatic rings. The molecule has 1 heterocycles. The zero-order chi connectivity index (χ0) is 15.6. The Balaban J connectivity index is 2.25. The van der Waals surface area contributed by atoms with Crippen LogP contribution in [0.5, 0.6) is 0 Å². The van der Waals surface area contributed by atoms with E-state index >= 15 is 0 Å². The van der Waals surface area contributed by atoms with E-state index in [0.29, 0.717) is 17.1 Å². The van der Waals surface area contributed by atoms with Crippen molar-refractivity contribution in [1.82, 2.24) is 9.36 Å². The summed E-state index contributed by atoms with van der Waals surface area (Å²) in [4.78, 5) is 14.6. The molecule has 112 valence electrons. The van der Waals surface area contributed by atoms with Crippen LogP contribution in [-0.2, 0) is 17.4 Å². The highest BCUT2D eigenvalue weighted by Crippen LogP contribution is 2.31. The Bertz CT molecular complexity index is 643. The number of carboxylic acids is 1. The van der Waals surface area contributed by atoms with E-state index in [2.05, 4.69) is 25.3 Å². The van der Waals surface area contributed by atoms with Crippen LogP contribution in [-0.4, -0.2) is 20.4 Å². The number of rotatable bonds is 4. The number of hydrogen-bond donors (Lipinski definition) is 1. The molecule has 4 nitrogen and oxygen atoms in total. The molecule has 9 heteroatoms. The molecular weight excluding hydrogens is 373 g/mol. The number of carbonyl (C=O) groups is 1. The molecule has 0 saturated carbocycles. The number of nitrogens with zero attached hydrogens (tertiary/aromatic N) is 2. The second-order valence-electron chi connectivity index (χ2n) is 4.18. The highest BCUT2D eigenvalue weighted by molar-refractivity contribution is 9.10. The van der Waals surface area contributed by atoms with Gasteiger partial charge in [-0.1, -0.05) is 28.1 Å². The van der Waals surface area contributed by atoms with Gasteiger partial charge in [0, 0.05) is 4.47 Å². The smallest absolute Gasteiger partial charge is 0.452 e. The van der Waals surface area contributed by atoms with Gasteiger partial charge >= 0.3 is 12.1 Å². The van der Waals surface area contributed by atoms with E-state index in [4.69, 9.17) is 0 Å². The average molecular weight is 381 g/mol. The van der Waals surface area contributed by atoms with E-state index < -0.39 is 23.9 Å². The summed E-state index contributed by atoms with van der Waals surface area (Å²) in [5.41, 5.74) is 0.689. The molecule has 0 amide bonds. The summed E-state index contributed by atoms with van der Waals surface area (Å²) in [7, 11) is 0. The second kappa shape index (κ2) is 6.10. The van der Waals surface area contributed by atoms with Crippen molar-refractivity contribution in [3.05, 3.63) is 45.1 Å². The summed E-state index contributed by atoms with van der Waals surface area (Å²) in [5.74, 6) is -3.69. The first-order valence-electron chi connectivity index (χ1n) is 5.65. The number of hydrogen-bond acceptors (Lipinski definition) is 4. The van der Waals surface area contributed by atoms with E-state index in [1.54, 1.807) is 24.3 Å². The third-order valence-electron chi connectivity index (χ3n) is 2.64. The van der Waals surface area contributed by atoms with Crippen molar-refractivity contribution in [2.45, 2.75) is 18.5 Å². The lowest BCUT2D eigenvalue weighted by Gasteiger charge is -2.09. The molecule has 0 aliphatic heterocycles. The van der Waals surface area contributed by atoms with Crippen molar-refractivity contribution >= 4 is 33.4 Å². The van der Waals surface area contributed by atoms with Crippen LogP contribution in [0, 0.1) is 0 Å². The quantitative estimate of drug-likeness (QED) is 0.877. The van der Waals surface area contributed by atoms with E-state index in [0.717, 1.165) is 4.47 Å². The summed E-state index contributed by atoms with van der Waals surface area (Å²) < 4.78 is 41.4. The highest BCUT2D eigenvalue weighted by atomic mass is 79.9. The number of carboxylic acid groups (broad SMARTS) is 1. The maximum Gasteiger partial charge on any atom is 0.452 e. The molecule has 1 aromatic carbocycles. The molecule has 1 aromatic heterocycles. The largest absolute Gasteiger partial charge is 0.481 e. The third kappa shape index (κ3) is 4.01. The van der Waals surface area contributed by atoms with Crippen LogP contribution in [0.15, 0.2) is 28.7 Å². The molecule has 0 radical (unpaired) electrons. The zero-order valence-corrected chi connectivity index (χ0v) is 12.7. The molecule has 0 spiro atoms. The van der Waals surface area contributed by atoms with Crippen molar-refractivity contribution in [1.29, 1.82) is 0 Å². The van der Waals surface area contributed by atoms with E-state index in [1.807, 2.05) is 0 Å². The van der Waals surface area contributed by atoms with Gasteiger partial charge in [0.2, 0.25) is 5.82 Å². The van der Waals surface area contributed by atoms with Crippen molar-refractivity contribution in [3.63, 3.8) is 0 Å². The summed E-state index contributed by atoms with van der Waals surface area (Å²) in [6, 6.07) is 6.86. The third-order valence-corrected chi connectivity index (χ3v) is 4.00. The molecule has 0 bridgehead atoms. The SMILES string of the molecule is O=C(O)C(Cc1ccc(Br)cc1)c1nc(C(F)(F)F)ns1. The van der Waals surface area contributed by atoms with Crippen LogP contribution < -0.4 is 0 Å². The Labute approximate surface area is 129 Å². The first kappa shape index (κ1) is 15.9. The molecule has 1 atom stereocenters. The molecule has 1 unspecified atom stereocenters. The maximum atomic E-state index is 12.5. The minimum atomic E-state index is -4.67. The summed E-state index contributed by atoms with van der Waals surface area (Å²) in [5, 5.41) is 9.05. The van der Waals surface area contributed by atoms with Crippen LogP contribution >= 0.6 is 27.5 Å². The van der Waals surface area contributed by atoms with Crippen molar-refractivity contribution in [3.8, 4) is 0 Å². The summed E-state index contributed by atoms with van der Waals surface area (Å²) >= 11 is 3.71. The fourth-order valence-corrected chi connectivity index (χ4v) is 2.66. The Kier molecular flexibility index (Phi) is 4.62. The Morgan fingerprint density at radius 3 is 2.43 bits per heavy atom. The number of alkyl halides is 3. The normalized spacial score (nSPS) is 13.1. The van der Waals surface area contributed by atoms with E-state index in [1.165, 1.54) is 0 Å². The molecule has 0 fully saturated rings. The zero-order valence-electron chi connectivity index (χ0n) is 10.3. The number of halogens is 4. The number of benzene rings is 1. The van der Waals surface area contributed by atoms with Crippen LogP contribution in [0.1, 0.15) is 22.3 Å². The molecule has 21 heavy (non-hydrogen) atoms. The summed E-state index contributed by atoms with van der Waals surface area (Å²) in [6.45, 7) is 0. The lowest BCUT2D eigenvalue weighted by Crippen LogP contribution is -2.15. The Hall–Kier alpha value is -1.48. The first-order valence-corrected chi connectivity index (χ1v) is 7.22. The maximum absolute atomic E-state index is 12.5. The predicted molar refractivity (Wildman–Crippen MR) is 73.1 cm³/mol. The van der Waals surface area contributed by atoms with Crippen molar-refractivity contribution < 1.29 is 23.1 Å². The van der Waals surface area contributed by atoms with Gasteiger partial charge in [-0.15, -0.1) is 0 Å². The fraction of sp³-hybridized carbons (Fsp3) is 0.250. The molecule has 1 N–H and O–H groups in total. The standard InChI is InChI=1S/C12H8BrF3N2O2S/c13-7-3-1-6(2-4-7)5-8(10(19)20)9-17-11(18-21-9)12(14,15)16/h1-4,8H,5H2,(H,19,20). The molecule has 2 aromatic rings. The van der Waals surface area contributed by atoms with Gasteiger partial charge in [0.25, 0.3) is 0 Å². The van der Waals surface area contributed by atoms with Crippen LogP contribution in [0.25, 0.3) is 0 Å². The first-order chi connectivity index (χ1) is 9.77. The van der Waals surface area contributed by atoms with E-state index in [9.17, 15) is 23.1 Å². The van der Waals surface area contributed by atoms with Gasteiger partial charge in [0.1, 0.15) is 10.9 Å². The lowest BCUT2D eigenvalue weighted by molar-refractivity contribution is -0.145. The van der Waals surface area contributed by atoms with E-state index in [-0.39, 0.29) is 11.4 Å². The monoisotopic (exact) mass is 380 g/mol. The number of aromatic nitrogens is 2. The summed E-state index contributed by atoms with van der Waals surface area (Å²) in [6.07, 6.45) is -4.62. The van der Waals surface area contributed by atoms with Gasteiger partial charge in [-0.25, -0.2) is 4.98 Å². The molecular formula is C12H8BrF3N2O2S. The van der Waals surface area contributed by atoms with Gasteiger partial charge in [-0.3, -0.25) is 4.79 Å². The average Bonchev–Trinajstić information content (AvgIpc) is 2.87. The van der Waals surface area contributed by atoms with Crippen LogP contribution in [0.3, 0.4) is 0 Å². The van der Waals surface area contributed by atoms with Crippen LogP contribution in [0.2, 0.25) is 0 Å².